The fourth-order valence-electron chi connectivity index (χ4n) is 5.22. The molecule has 1 aliphatic rings. The lowest BCUT2D eigenvalue weighted by Gasteiger charge is -2.36. The molecule has 0 spiro atoms. The van der Waals surface area contributed by atoms with Crippen LogP contribution >= 0.6 is 0 Å². The Balaban J connectivity index is 1.62. The van der Waals surface area contributed by atoms with Gasteiger partial charge in [-0.2, -0.15) is 0 Å². The Labute approximate surface area is 191 Å². The molecular formula is C29H44N2. The summed E-state index contributed by atoms with van der Waals surface area (Å²) in [6, 6.07) is 14.9. The van der Waals surface area contributed by atoms with E-state index < -0.39 is 0 Å². The topological polar surface area (TPSA) is 15.3 Å². The van der Waals surface area contributed by atoms with Gasteiger partial charge in [0.15, 0.2) is 0 Å². The van der Waals surface area contributed by atoms with Gasteiger partial charge in [-0.25, -0.2) is 0 Å². The zero-order valence-corrected chi connectivity index (χ0v) is 20.8. The van der Waals surface area contributed by atoms with Crippen molar-refractivity contribution in [2.45, 2.75) is 98.1 Å². The highest BCUT2D eigenvalue weighted by atomic mass is 15.2. The van der Waals surface area contributed by atoms with E-state index in [0.717, 1.165) is 6.04 Å². The lowest BCUT2D eigenvalue weighted by molar-refractivity contribution is 0.153. The van der Waals surface area contributed by atoms with Crippen molar-refractivity contribution < 1.29 is 0 Å². The second-order valence-corrected chi connectivity index (χ2v) is 9.96. The summed E-state index contributed by atoms with van der Waals surface area (Å²) in [4.78, 5) is 2.72. The van der Waals surface area contributed by atoms with Crippen LogP contribution < -0.4 is 5.32 Å². The van der Waals surface area contributed by atoms with Gasteiger partial charge in [0.1, 0.15) is 0 Å². The minimum atomic E-state index is 0.306. The molecule has 1 saturated heterocycles. The molecule has 1 unspecified atom stereocenters. The van der Waals surface area contributed by atoms with Crippen LogP contribution in [-0.4, -0.2) is 24.0 Å². The maximum absolute atomic E-state index is 3.81. The van der Waals surface area contributed by atoms with E-state index >= 15 is 0 Å². The maximum Gasteiger partial charge on any atom is 0.0488 e. The summed E-state index contributed by atoms with van der Waals surface area (Å²) in [5, 5.41) is 3.81. The van der Waals surface area contributed by atoms with Crippen molar-refractivity contribution in [3.63, 3.8) is 0 Å². The van der Waals surface area contributed by atoms with E-state index in [2.05, 4.69) is 88.2 Å². The minimum Gasteiger partial charge on any atom is -0.378 e. The molecule has 1 heterocycles. The van der Waals surface area contributed by atoms with Crippen LogP contribution in [0.3, 0.4) is 0 Å². The van der Waals surface area contributed by atoms with Crippen molar-refractivity contribution in [2.75, 3.05) is 18.4 Å². The van der Waals surface area contributed by atoms with E-state index in [9.17, 15) is 0 Å². The fraction of sp³-hybridized carbons (Fsp3) is 0.586. The Morgan fingerprint density at radius 2 is 1.68 bits per heavy atom. The van der Waals surface area contributed by atoms with Gasteiger partial charge in [0.05, 0.1) is 0 Å². The molecule has 1 aliphatic heterocycles. The van der Waals surface area contributed by atoms with Gasteiger partial charge in [-0.15, -0.1) is 0 Å². The molecule has 0 bridgehead atoms. The van der Waals surface area contributed by atoms with E-state index in [-0.39, 0.29) is 0 Å². The Morgan fingerprint density at radius 3 is 2.35 bits per heavy atom. The number of nitrogens with zero attached hydrogens (tertiary/aromatic N) is 1. The minimum absolute atomic E-state index is 0.306. The van der Waals surface area contributed by atoms with Gasteiger partial charge in [0.2, 0.25) is 0 Å². The van der Waals surface area contributed by atoms with Gasteiger partial charge < -0.3 is 10.2 Å². The highest BCUT2D eigenvalue weighted by Crippen LogP contribution is 2.33. The summed E-state index contributed by atoms with van der Waals surface area (Å²) in [5.41, 5.74) is 8.23. The molecule has 0 aromatic heterocycles. The number of rotatable bonds is 9. The van der Waals surface area contributed by atoms with Crippen LogP contribution in [0.2, 0.25) is 0 Å². The summed E-state index contributed by atoms with van der Waals surface area (Å²) in [7, 11) is 0. The van der Waals surface area contributed by atoms with Crippen LogP contribution in [-0.2, 0) is 0 Å². The van der Waals surface area contributed by atoms with Gasteiger partial charge in [-0.05, 0) is 101 Å². The monoisotopic (exact) mass is 420 g/mol. The molecule has 0 aliphatic carbocycles. The first-order chi connectivity index (χ1) is 14.9. The molecule has 2 nitrogen and oxygen atoms in total. The summed E-state index contributed by atoms with van der Waals surface area (Å²) in [6.07, 6.45) is 8.00. The van der Waals surface area contributed by atoms with E-state index in [1.165, 1.54) is 85.1 Å². The molecular weight excluding hydrogens is 376 g/mol. The predicted octanol–water partition coefficient (Wildman–Crippen LogP) is 7.93. The summed E-state index contributed by atoms with van der Waals surface area (Å²) >= 11 is 0. The number of benzene rings is 2. The van der Waals surface area contributed by atoms with Crippen molar-refractivity contribution in [1.29, 1.82) is 0 Å². The quantitative estimate of drug-likeness (QED) is 0.414. The molecule has 31 heavy (non-hydrogen) atoms. The molecule has 2 heteroatoms. The van der Waals surface area contributed by atoms with Crippen LogP contribution in [0.4, 0.5) is 5.69 Å². The van der Waals surface area contributed by atoms with Crippen molar-refractivity contribution in [1.82, 2.24) is 4.90 Å². The van der Waals surface area contributed by atoms with Crippen molar-refractivity contribution in [3.8, 4) is 0 Å². The first kappa shape index (κ1) is 23.9. The summed E-state index contributed by atoms with van der Waals surface area (Å²) in [5.74, 6) is 0.691. The van der Waals surface area contributed by atoms with Gasteiger partial charge in [-0.1, -0.05) is 62.1 Å². The number of aryl methyl sites for hydroxylation is 3. The first-order valence-electron chi connectivity index (χ1n) is 12.6. The van der Waals surface area contributed by atoms with Crippen LogP contribution in [0.1, 0.15) is 99.1 Å². The number of unbranched alkanes of at least 4 members (excludes halogenated alkanes) is 2. The third-order valence-electron chi connectivity index (χ3n) is 7.38. The number of hydrogen-bond acceptors (Lipinski definition) is 2. The number of hydrogen-bond donors (Lipinski definition) is 1. The molecule has 3 rings (SSSR count). The average molecular weight is 421 g/mol. The van der Waals surface area contributed by atoms with Crippen LogP contribution in [0, 0.1) is 20.8 Å². The van der Waals surface area contributed by atoms with Crippen molar-refractivity contribution in [2.24, 2.45) is 0 Å². The third-order valence-corrected chi connectivity index (χ3v) is 7.38. The smallest absolute Gasteiger partial charge is 0.0488 e. The largest absolute Gasteiger partial charge is 0.378 e. The number of likely N-dealkylation sites (tertiary alicyclic amines) is 1. The van der Waals surface area contributed by atoms with Crippen LogP contribution in [0.15, 0.2) is 36.4 Å². The van der Waals surface area contributed by atoms with Gasteiger partial charge in [0.25, 0.3) is 0 Å². The Kier molecular flexibility index (Phi) is 8.60. The molecule has 170 valence electrons. The summed E-state index contributed by atoms with van der Waals surface area (Å²) in [6.45, 7) is 16.1. The standard InChI is InChI=1S/C29H44N2/c1-7-8-9-10-24(5)31-17-15-26(16-18-31)27-13-12-22(3)29(20-27)30-25(6)28-14-11-21(2)19-23(28)4/h11-14,19-20,24-26,30H,7-10,15-18H2,1-6H3/t24?,25-/m1/s1. The normalized spacial score (nSPS) is 17.5. The molecule has 1 fully saturated rings. The summed E-state index contributed by atoms with van der Waals surface area (Å²) < 4.78 is 0. The van der Waals surface area contributed by atoms with E-state index in [0.29, 0.717) is 12.0 Å². The Morgan fingerprint density at radius 1 is 0.935 bits per heavy atom. The molecule has 0 saturated carbocycles. The third kappa shape index (κ3) is 6.35. The molecule has 1 N–H and O–H groups in total. The lowest BCUT2D eigenvalue weighted by atomic mass is 9.87. The molecule has 2 aromatic carbocycles. The highest BCUT2D eigenvalue weighted by molar-refractivity contribution is 5.55. The number of anilines is 1. The van der Waals surface area contributed by atoms with Crippen molar-refractivity contribution >= 4 is 5.69 Å². The van der Waals surface area contributed by atoms with Gasteiger partial charge >= 0.3 is 0 Å². The average Bonchev–Trinajstić information content (AvgIpc) is 2.75. The number of piperidine rings is 1. The Hall–Kier alpha value is -1.80. The van der Waals surface area contributed by atoms with E-state index in [4.69, 9.17) is 0 Å². The first-order valence-corrected chi connectivity index (χ1v) is 12.6. The predicted molar refractivity (Wildman–Crippen MR) is 136 cm³/mol. The zero-order valence-electron chi connectivity index (χ0n) is 20.8. The van der Waals surface area contributed by atoms with Crippen LogP contribution in [0.5, 0.6) is 0 Å². The zero-order chi connectivity index (χ0) is 22.4. The molecule has 2 aromatic rings. The lowest BCUT2D eigenvalue weighted by Crippen LogP contribution is -2.39. The van der Waals surface area contributed by atoms with Gasteiger partial charge in [-0.3, -0.25) is 0 Å². The van der Waals surface area contributed by atoms with Crippen LogP contribution in [0.25, 0.3) is 0 Å². The molecule has 2 atom stereocenters. The number of nitrogens with one attached hydrogen (secondary N) is 1. The fourth-order valence-corrected chi connectivity index (χ4v) is 5.22. The maximum atomic E-state index is 3.81. The van der Waals surface area contributed by atoms with E-state index in [1.54, 1.807) is 0 Å². The Bertz CT molecular complexity index is 833. The highest BCUT2D eigenvalue weighted by Gasteiger charge is 2.24. The molecule has 0 radical (unpaired) electrons. The molecule has 0 amide bonds. The van der Waals surface area contributed by atoms with Gasteiger partial charge in [0, 0.05) is 17.8 Å². The van der Waals surface area contributed by atoms with E-state index in [1.807, 2.05) is 0 Å². The second kappa shape index (κ2) is 11.2. The van der Waals surface area contributed by atoms with Crippen molar-refractivity contribution in [3.05, 3.63) is 64.2 Å². The SMILES string of the molecule is CCCCCC(C)N1CCC(c2ccc(C)c(N[C@H](C)c3ccc(C)cc3C)c2)CC1. The second-order valence-electron chi connectivity index (χ2n) is 9.96.